The smallest absolute Gasteiger partial charge is 0.186 e. The van der Waals surface area contributed by atoms with E-state index in [-0.39, 0.29) is 12.1 Å². The van der Waals surface area contributed by atoms with Gasteiger partial charge in [0.25, 0.3) is 0 Å². The maximum absolute atomic E-state index is 10.1. The summed E-state index contributed by atoms with van der Waals surface area (Å²) in [5.74, 6) is 0. The molecule has 5 nitrogen and oxygen atoms in total. The maximum atomic E-state index is 10.1. The molecule has 3 N–H and O–H groups in total. The topological polar surface area (TPSA) is 71.0 Å². The highest BCUT2D eigenvalue weighted by Gasteiger charge is 2.50. The summed E-state index contributed by atoms with van der Waals surface area (Å²) in [4.78, 5) is 0. The van der Waals surface area contributed by atoms with E-state index in [0.29, 0.717) is 0 Å². The van der Waals surface area contributed by atoms with Crippen molar-refractivity contribution in [1.29, 1.82) is 0 Å². The predicted octanol–water partition coefficient (Wildman–Crippen LogP) is -0.922. The van der Waals surface area contributed by atoms with E-state index >= 15 is 0 Å². The fourth-order valence-electron chi connectivity index (χ4n) is 2.01. The van der Waals surface area contributed by atoms with Crippen molar-refractivity contribution in [3.63, 3.8) is 0 Å². The van der Waals surface area contributed by atoms with Gasteiger partial charge in [0.2, 0.25) is 0 Å². The second-order valence-corrected chi connectivity index (χ2v) is 3.88. The van der Waals surface area contributed by atoms with Crippen molar-refractivity contribution in [1.82, 2.24) is 5.32 Å². The zero-order valence-electron chi connectivity index (χ0n) is 9.02. The second-order valence-electron chi connectivity index (χ2n) is 3.88. The van der Waals surface area contributed by atoms with Crippen LogP contribution in [0, 0.1) is 0 Å². The number of methoxy groups -OCH3 is 1. The monoisotopic (exact) mass is 205 g/mol. The Labute approximate surface area is 84.0 Å². The second kappa shape index (κ2) is 4.12. The van der Waals surface area contributed by atoms with Gasteiger partial charge in [-0.15, -0.1) is 0 Å². The average molecular weight is 205 g/mol. The zero-order chi connectivity index (χ0) is 10.9. The normalized spacial score (nSPS) is 49.3. The molecule has 84 valence electrons. The van der Waals surface area contributed by atoms with E-state index < -0.39 is 18.0 Å². The van der Waals surface area contributed by atoms with Crippen molar-refractivity contribution >= 4 is 0 Å². The lowest BCUT2D eigenvalue weighted by atomic mass is 9.84. The van der Waals surface area contributed by atoms with E-state index in [1.807, 2.05) is 6.92 Å². The minimum atomic E-state index is -1.26. The van der Waals surface area contributed by atoms with Crippen molar-refractivity contribution in [3.05, 3.63) is 0 Å². The molecule has 14 heavy (non-hydrogen) atoms. The van der Waals surface area contributed by atoms with Crippen LogP contribution in [0.25, 0.3) is 0 Å². The molecular formula is C9H19NO4. The molecule has 0 aromatic rings. The number of rotatable bonds is 2. The van der Waals surface area contributed by atoms with Gasteiger partial charge in [0.1, 0.15) is 11.7 Å². The summed E-state index contributed by atoms with van der Waals surface area (Å²) in [6.07, 6.45) is -2.05. The van der Waals surface area contributed by atoms with Crippen LogP contribution < -0.4 is 5.32 Å². The van der Waals surface area contributed by atoms with E-state index in [2.05, 4.69) is 5.32 Å². The molecule has 0 amide bonds. The third-order valence-electron chi connectivity index (χ3n) is 2.85. The molecule has 1 heterocycles. The van der Waals surface area contributed by atoms with Gasteiger partial charge in [-0.1, -0.05) is 0 Å². The minimum Gasteiger partial charge on any atom is -0.386 e. The Morgan fingerprint density at radius 1 is 1.50 bits per heavy atom. The van der Waals surface area contributed by atoms with Gasteiger partial charge in [-0.2, -0.15) is 0 Å². The standard InChI is InChI=1S/C9H19NO4/c1-5-6(10-3)9(2,12)7(11)8(13-4)14-5/h5-8,10-12H,1-4H3/t5-,6-,7-,8-,9+/m0/s1. The molecule has 1 fully saturated rings. The number of aliphatic hydroxyl groups excluding tert-OH is 1. The first-order chi connectivity index (χ1) is 6.45. The van der Waals surface area contributed by atoms with Crippen molar-refractivity contribution in [2.75, 3.05) is 14.2 Å². The van der Waals surface area contributed by atoms with Crippen molar-refractivity contribution < 1.29 is 19.7 Å². The minimum absolute atomic E-state index is 0.219. The molecule has 0 radical (unpaired) electrons. The molecular weight excluding hydrogens is 186 g/mol. The fraction of sp³-hybridized carbons (Fsp3) is 1.00. The van der Waals surface area contributed by atoms with Crippen LogP contribution >= 0.6 is 0 Å². The van der Waals surface area contributed by atoms with Crippen LogP contribution in [-0.4, -0.2) is 54.5 Å². The van der Waals surface area contributed by atoms with Crippen LogP contribution in [0.1, 0.15) is 13.8 Å². The Bertz CT molecular complexity index is 197. The Kier molecular flexibility index (Phi) is 3.49. The van der Waals surface area contributed by atoms with Gasteiger partial charge in [0.05, 0.1) is 12.1 Å². The summed E-state index contributed by atoms with van der Waals surface area (Å²) in [6, 6.07) is -0.316. The summed E-state index contributed by atoms with van der Waals surface area (Å²) < 4.78 is 10.3. The van der Waals surface area contributed by atoms with Crippen molar-refractivity contribution in [2.24, 2.45) is 0 Å². The highest BCUT2D eigenvalue weighted by Crippen LogP contribution is 2.29. The van der Waals surface area contributed by atoms with Gasteiger partial charge in [0.15, 0.2) is 6.29 Å². The van der Waals surface area contributed by atoms with Crippen LogP contribution in [0.3, 0.4) is 0 Å². The van der Waals surface area contributed by atoms with Crippen molar-refractivity contribution in [3.8, 4) is 0 Å². The number of hydrogen-bond donors (Lipinski definition) is 3. The average Bonchev–Trinajstić information content (AvgIpc) is 2.12. The SMILES string of the molecule is CN[C@H]1[C@H](C)O[C@H](OC)[C@H](O)[C@]1(C)O. The summed E-state index contributed by atoms with van der Waals surface area (Å²) in [7, 11) is 3.16. The van der Waals surface area contributed by atoms with Gasteiger partial charge in [-0.25, -0.2) is 0 Å². The number of nitrogens with one attached hydrogen (secondary N) is 1. The lowest BCUT2D eigenvalue weighted by Gasteiger charge is -2.47. The molecule has 1 saturated heterocycles. The van der Waals surface area contributed by atoms with Crippen LogP contribution in [0.2, 0.25) is 0 Å². The summed E-state index contributed by atoms with van der Waals surface area (Å²) in [5, 5.41) is 22.8. The number of likely N-dealkylation sites (N-methyl/N-ethyl adjacent to an activating group) is 1. The third-order valence-corrected chi connectivity index (χ3v) is 2.85. The molecule has 0 spiro atoms. The van der Waals surface area contributed by atoms with Crippen LogP contribution in [0.5, 0.6) is 0 Å². The highest BCUT2D eigenvalue weighted by atomic mass is 16.7. The first-order valence-electron chi connectivity index (χ1n) is 4.71. The molecule has 0 aliphatic carbocycles. The van der Waals surface area contributed by atoms with E-state index in [1.165, 1.54) is 7.11 Å². The van der Waals surface area contributed by atoms with Crippen LogP contribution in [0.15, 0.2) is 0 Å². The first kappa shape index (κ1) is 11.9. The largest absolute Gasteiger partial charge is 0.386 e. The van der Waals surface area contributed by atoms with E-state index in [9.17, 15) is 10.2 Å². The molecule has 5 heteroatoms. The van der Waals surface area contributed by atoms with E-state index in [1.54, 1.807) is 14.0 Å². The van der Waals surface area contributed by atoms with Gasteiger partial charge >= 0.3 is 0 Å². The summed E-state index contributed by atoms with van der Waals surface area (Å²) in [5.41, 5.74) is -1.26. The lowest BCUT2D eigenvalue weighted by molar-refractivity contribution is -0.290. The number of ether oxygens (including phenoxy) is 2. The van der Waals surface area contributed by atoms with Crippen LogP contribution in [-0.2, 0) is 9.47 Å². The number of aliphatic hydroxyl groups is 2. The van der Waals surface area contributed by atoms with Gasteiger partial charge in [-0.3, -0.25) is 0 Å². The summed E-state index contributed by atoms with van der Waals surface area (Å²) in [6.45, 7) is 3.40. The Morgan fingerprint density at radius 3 is 2.50 bits per heavy atom. The highest BCUT2D eigenvalue weighted by molar-refractivity contribution is 5.01. The molecule has 0 saturated carbocycles. The van der Waals surface area contributed by atoms with E-state index in [4.69, 9.17) is 9.47 Å². The molecule has 1 aliphatic heterocycles. The predicted molar refractivity (Wildman–Crippen MR) is 50.8 cm³/mol. The molecule has 0 unspecified atom stereocenters. The molecule has 0 aromatic carbocycles. The van der Waals surface area contributed by atoms with E-state index in [0.717, 1.165) is 0 Å². The van der Waals surface area contributed by atoms with Crippen molar-refractivity contribution in [2.45, 2.75) is 44.0 Å². The first-order valence-corrected chi connectivity index (χ1v) is 4.71. The Balaban J connectivity index is 2.85. The molecule has 1 aliphatic rings. The summed E-state index contributed by atoms with van der Waals surface area (Å²) >= 11 is 0. The quantitative estimate of drug-likeness (QED) is 0.544. The maximum Gasteiger partial charge on any atom is 0.186 e. The zero-order valence-corrected chi connectivity index (χ0v) is 9.02. The number of hydrogen-bond acceptors (Lipinski definition) is 5. The molecule has 1 rings (SSSR count). The molecule has 0 aromatic heterocycles. The van der Waals surface area contributed by atoms with Gasteiger partial charge < -0.3 is 25.0 Å². The van der Waals surface area contributed by atoms with Crippen LogP contribution in [0.4, 0.5) is 0 Å². The van der Waals surface area contributed by atoms with Gasteiger partial charge in [0, 0.05) is 7.11 Å². The Hall–Kier alpha value is -0.200. The Morgan fingerprint density at radius 2 is 2.07 bits per heavy atom. The lowest BCUT2D eigenvalue weighted by Crippen LogP contribution is -2.68. The van der Waals surface area contributed by atoms with Gasteiger partial charge in [-0.05, 0) is 20.9 Å². The third kappa shape index (κ3) is 1.78. The fourth-order valence-corrected chi connectivity index (χ4v) is 2.01. The molecule has 5 atom stereocenters. The molecule has 0 bridgehead atoms.